The van der Waals surface area contributed by atoms with Gasteiger partial charge in [0.15, 0.2) is 0 Å². The van der Waals surface area contributed by atoms with Crippen molar-refractivity contribution in [1.29, 1.82) is 0 Å². The molecule has 0 aliphatic heterocycles. The topological polar surface area (TPSA) is 0 Å². The zero-order valence-electron chi connectivity index (χ0n) is 5.56. The van der Waals surface area contributed by atoms with Crippen LogP contribution in [0.5, 0.6) is 0 Å². The van der Waals surface area contributed by atoms with Crippen LogP contribution >= 0.6 is 0 Å². The van der Waals surface area contributed by atoms with Crippen molar-refractivity contribution in [2.75, 3.05) is 0 Å². The molecule has 0 bridgehead atoms. The summed E-state index contributed by atoms with van der Waals surface area (Å²) < 4.78 is 0. The molecule has 46 valence electrons. The van der Waals surface area contributed by atoms with Crippen LogP contribution < -0.4 is 0 Å². The van der Waals surface area contributed by atoms with Crippen molar-refractivity contribution in [3.8, 4) is 0 Å². The molecule has 0 N–H and O–H groups in total. The van der Waals surface area contributed by atoms with Gasteiger partial charge in [0.1, 0.15) is 0 Å². The lowest BCUT2D eigenvalue weighted by molar-refractivity contribution is 0.319. The van der Waals surface area contributed by atoms with E-state index in [1.54, 1.807) is 0 Å². The second-order valence-electron chi connectivity index (χ2n) is 2.60. The van der Waals surface area contributed by atoms with Crippen LogP contribution in [-0.4, -0.2) is 0 Å². The molecular weight excluding hydrogens is 96.1 g/mol. The van der Waals surface area contributed by atoms with Gasteiger partial charge in [-0.05, 0) is 19.3 Å². The Morgan fingerprint density at radius 3 is 2.62 bits per heavy atom. The summed E-state index contributed by atoms with van der Waals surface area (Å²) in [6.45, 7) is 2.10. The summed E-state index contributed by atoms with van der Waals surface area (Å²) in [4.78, 5) is 0. The maximum Gasteiger partial charge on any atom is -0.0322 e. The molecule has 0 aromatic heterocycles. The van der Waals surface area contributed by atoms with Gasteiger partial charge in [0.05, 0.1) is 0 Å². The third-order valence-electron chi connectivity index (χ3n) is 1.93. The van der Waals surface area contributed by atoms with Crippen molar-refractivity contribution in [3.63, 3.8) is 0 Å². The second kappa shape index (κ2) is 2.91. The van der Waals surface area contributed by atoms with Crippen LogP contribution in [0.25, 0.3) is 0 Å². The molecule has 0 radical (unpaired) electrons. The Bertz CT molecular complexity index is 78.0. The smallest absolute Gasteiger partial charge is 0.0322 e. The molecule has 0 spiro atoms. The maximum atomic E-state index is 2.28. The van der Waals surface area contributed by atoms with Gasteiger partial charge in [0.25, 0.3) is 0 Å². The molecule has 1 saturated carbocycles. The van der Waals surface area contributed by atoms with Gasteiger partial charge >= 0.3 is 0 Å². The van der Waals surface area contributed by atoms with E-state index in [2.05, 4.69) is 19.1 Å². The lowest BCUT2D eigenvalue weighted by atomic mass is 9.83. The molecule has 0 amide bonds. The minimum atomic E-state index is 1.05. The lowest BCUT2D eigenvalue weighted by Crippen LogP contribution is -2.08. The van der Waals surface area contributed by atoms with Crippen molar-refractivity contribution < 1.29 is 0 Å². The van der Waals surface area contributed by atoms with Crippen LogP contribution in [0.2, 0.25) is 0 Å². The van der Waals surface area contributed by atoms with Gasteiger partial charge in [0, 0.05) is 0 Å². The number of allylic oxidation sites excluding steroid dienone is 2. The van der Waals surface area contributed by atoms with Crippen LogP contribution in [0.3, 0.4) is 0 Å². The second-order valence-corrected chi connectivity index (χ2v) is 2.60. The van der Waals surface area contributed by atoms with Crippen molar-refractivity contribution in [3.05, 3.63) is 12.2 Å². The van der Waals surface area contributed by atoms with E-state index < -0.39 is 0 Å². The van der Waals surface area contributed by atoms with Crippen LogP contribution in [0.4, 0.5) is 0 Å². The third-order valence-corrected chi connectivity index (χ3v) is 1.93. The van der Waals surface area contributed by atoms with Crippen LogP contribution in [0.1, 0.15) is 32.6 Å². The minimum Gasteiger partial charge on any atom is -0.0917 e. The predicted molar refractivity (Wildman–Crippen MR) is 36.8 cm³/mol. The number of hydrogen-bond acceptors (Lipinski definition) is 0. The molecular formula is C8H14. The van der Waals surface area contributed by atoms with Gasteiger partial charge in [-0.1, -0.05) is 31.4 Å². The van der Waals surface area contributed by atoms with E-state index in [0.717, 1.165) is 5.92 Å². The zero-order chi connectivity index (χ0) is 5.82. The summed E-state index contributed by atoms with van der Waals surface area (Å²) in [6.07, 6.45) is 10.2. The summed E-state index contributed by atoms with van der Waals surface area (Å²) >= 11 is 0. The minimum absolute atomic E-state index is 1.05. The first-order chi connectivity index (χ1) is 3.93. The van der Waals surface area contributed by atoms with Crippen LogP contribution in [0.15, 0.2) is 12.2 Å². The molecule has 0 saturated heterocycles. The molecule has 8 heavy (non-hydrogen) atoms. The molecule has 1 rings (SSSR count). The van der Waals surface area contributed by atoms with Crippen LogP contribution in [0, 0.1) is 5.92 Å². The van der Waals surface area contributed by atoms with Crippen molar-refractivity contribution in [1.82, 2.24) is 0 Å². The highest BCUT2D eigenvalue weighted by molar-refractivity contribution is 4.83. The van der Waals surface area contributed by atoms with E-state index >= 15 is 0 Å². The highest BCUT2D eigenvalue weighted by Gasteiger charge is 2.14. The third kappa shape index (κ3) is 1.36. The van der Waals surface area contributed by atoms with Gasteiger partial charge in [-0.3, -0.25) is 0 Å². The first-order valence-electron chi connectivity index (χ1n) is 3.54. The fourth-order valence-electron chi connectivity index (χ4n) is 1.06. The van der Waals surface area contributed by atoms with Crippen molar-refractivity contribution in [2.24, 2.45) is 5.92 Å². The quantitative estimate of drug-likeness (QED) is 0.479. The molecule has 0 unspecified atom stereocenters. The van der Waals surface area contributed by atoms with Gasteiger partial charge < -0.3 is 0 Å². The zero-order valence-corrected chi connectivity index (χ0v) is 5.56. The summed E-state index contributed by atoms with van der Waals surface area (Å²) in [5.41, 5.74) is 0. The molecule has 1 aliphatic rings. The van der Waals surface area contributed by atoms with Crippen molar-refractivity contribution in [2.45, 2.75) is 32.6 Å². The van der Waals surface area contributed by atoms with Gasteiger partial charge in [-0.2, -0.15) is 0 Å². The summed E-state index contributed by atoms with van der Waals surface area (Å²) in [6, 6.07) is 0. The summed E-state index contributed by atoms with van der Waals surface area (Å²) in [5.74, 6) is 1.05. The molecule has 0 heterocycles. The first-order valence-corrected chi connectivity index (χ1v) is 3.54. The highest BCUT2D eigenvalue weighted by Crippen LogP contribution is 2.29. The Hall–Kier alpha value is -0.260. The van der Waals surface area contributed by atoms with Crippen LogP contribution in [-0.2, 0) is 0 Å². The monoisotopic (exact) mass is 110 g/mol. The van der Waals surface area contributed by atoms with E-state index in [9.17, 15) is 0 Å². The van der Waals surface area contributed by atoms with Crippen molar-refractivity contribution >= 4 is 0 Å². The predicted octanol–water partition coefficient (Wildman–Crippen LogP) is 2.75. The molecule has 0 heteroatoms. The fourth-order valence-corrected chi connectivity index (χ4v) is 1.06. The van der Waals surface area contributed by atoms with Gasteiger partial charge in [-0.15, -0.1) is 0 Å². The van der Waals surface area contributed by atoms with E-state index in [0.29, 0.717) is 0 Å². The SMILES string of the molecule is C/C=C/CC1CCC1. The Labute approximate surface area is 51.6 Å². The van der Waals surface area contributed by atoms with Gasteiger partial charge in [-0.25, -0.2) is 0 Å². The maximum absolute atomic E-state index is 2.28. The first kappa shape index (κ1) is 5.87. The molecule has 0 nitrogen and oxygen atoms in total. The Morgan fingerprint density at radius 1 is 1.50 bits per heavy atom. The molecule has 1 fully saturated rings. The van der Waals surface area contributed by atoms with Gasteiger partial charge in [0.2, 0.25) is 0 Å². The average molecular weight is 110 g/mol. The van der Waals surface area contributed by atoms with E-state index in [4.69, 9.17) is 0 Å². The van der Waals surface area contributed by atoms with E-state index in [1.807, 2.05) is 0 Å². The normalized spacial score (nSPS) is 21.6. The van der Waals surface area contributed by atoms with E-state index in [1.165, 1.54) is 25.7 Å². The fraction of sp³-hybridized carbons (Fsp3) is 0.750. The lowest BCUT2D eigenvalue weighted by Gasteiger charge is -2.23. The molecule has 1 aliphatic carbocycles. The molecule has 0 aromatic rings. The Morgan fingerprint density at radius 2 is 2.25 bits per heavy atom. The number of hydrogen-bond donors (Lipinski definition) is 0. The average Bonchev–Trinajstić information content (AvgIpc) is 1.63. The molecule has 0 atom stereocenters. The largest absolute Gasteiger partial charge is 0.0917 e. The standard InChI is InChI=1S/C8H14/c1-2-3-5-8-6-4-7-8/h2-3,8H,4-7H2,1H3/b3-2+. The summed E-state index contributed by atoms with van der Waals surface area (Å²) in [5, 5.41) is 0. The molecule has 0 aromatic carbocycles. The summed E-state index contributed by atoms with van der Waals surface area (Å²) in [7, 11) is 0. The Balaban J connectivity index is 2.01. The number of rotatable bonds is 2. The highest BCUT2D eigenvalue weighted by atomic mass is 14.2. The van der Waals surface area contributed by atoms with E-state index in [-0.39, 0.29) is 0 Å². The Kier molecular flexibility index (Phi) is 2.13.